The summed E-state index contributed by atoms with van der Waals surface area (Å²) in [4.78, 5) is 16.6. The van der Waals surface area contributed by atoms with E-state index in [2.05, 4.69) is 15.5 Å². The van der Waals surface area contributed by atoms with E-state index in [0.717, 1.165) is 18.7 Å². The lowest BCUT2D eigenvalue weighted by Gasteiger charge is -2.26. The number of hydrogen-bond donors (Lipinski definition) is 2. The third-order valence-electron chi connectivity index (χ3n) is 4.37. The molecule has 1 aliphatic carbocycles. The number of nitrogens with two attached hydrogens (primary N) is 1. The van der Waals surface area contributed by atoms with E-state index >= 15 is 0 Å². The highest BCUT2D eigenvalue weighted by Crippen LogP contribution is 2.31. The second-order valence-electron chi connectivity index (χ2n) is 7.40. The standard InChI is InChI=1S/C16H28N4O2/c1-10(18-14(21)12(17)16(2,3)4)15-19-13(20-22-15)11-8-6-5-7-9-11/h10-12H,5-9,17H2,1-4H3,(H,18,21)/t10?,12-/m1/s1. The molecule has 2 atom stereocenters. The molecule has 6 nitrogen and oxygen atoms in total. The first kappa shape index (κ1) is 16.9. The lowest BCUT2D eigenvalue weighted by atomic mass is 9.87. The van der Waals surface area contributed by atoms with Gasteiger partial charge >= 0.3 is 0 Å². The zero-order valence-electron chi connectivity index (χ0n) is 14.1. The van der Waals surface area contributed by atoms with E-state index in [-0.39, 0.29) is 17.4 Å². The van der Waals surface area contributed by atoms with Crippen molar-refractivity contribution >= 4 is 5.91 Å². The fourth-order valence-electron chi connectivity index (χ4n) is 2.71. The summed E-state index contributed by atoms with van der Waals surface area (Å²) in [6.45, 7) is 7.66. The topological polar surface area (TPSA) is 94.0 Å². The van der Waals surface area contributed by atoms with Crippen molar-refractivity contribution in [1.82, 2.24) is 15.5 Å². The molecule has 6 heteroatoms. The molecule has 124 valence electrons. The number of hydrogen-bond acceptors (Lipinski definition) is 5. The molecular formula is C16H28N4O2. The van der Waals surface area contributed by atoms with Gasteiger partial charge in [-0.2, -0.15) is 4.98 Å². The van der Waals surface area contributed by atoms with Crippen molar-refractivity contribution in [2.75, 3.05) is 0 Å². The van der Waals surface area contributed by atoms with Crippen molar-refractivity contribution in [2.24, 2.45) is 11.1 Å². The molecule has 1 aliphatic rings. The van der Waals surface area contributed by atoms with Crippen LogP contribution in [0.4, 0.5) is 0 Å². The van der Waals surface area contributed by atoms with Crippen LogP contribution < -0.4 is 11.1 Å². The fourth-order valence-corrected chi connectivity index (χ4v) is 2.71. The van der Waals surface area contributed by atoms with Crippen LogP contribution in [0.5, 0.6) is 0 Å². The minimum Gasteiger partial charge on any atom is -0.343 e. The summed E-state index contributed by atoms with van der Waals surface area (Å²) in [5.41, 5.74) is 5.68. The smallest absolute Gasteiger partial charge is 0.248 e. The number of rotatable bonds is 4. The van der Waals surface area contributed by atoms with Gasteiger partial charge in [0.05, 0.1) is 6.04 Å². The van der Waals surface area contributed by atoms with E-state index < -0.39 is 6.04 Å². The van der Waals surface area contributed by atoms with Gasteiger partial charge in [0.25, 0.3) is 0 Å². The second kappa shape index (κ2) is 6.77. The Labute approximate surface area is 132 Å². The molecule has 0 spiro atoms. The van der Waals surface area contributed by atoms with Crippen LogP contribution in [0.3, 0.4) is 0 Å². The summed E-state index contributed by atoms with van der Waals surface area (Å²) in [6, 6.07) is -0.901. The zero-order valence-corrected chi connectivity index (χ0v) is 14.1. The van der Waals surface area contributed by atoms with Crippen molar-refractivity contribution < 1.29 is 9.32 Å². The highest BCUT2D eigenvalue weighted by molar-refractivity contribution is 5.82. The summed E-state index contributed by atoms with van der Waals surface area (Å²) < 4.78 is 5.33. The van der Waals surface area contributed by atoms with Crippen LogP contribution in [0, 0.1) is 5.41 Å². The van der Waals surface area contributed by atoms with Gasteiger partial charge in [0.1, 0.15) is 6.04 Å². The van der Waals surface area contributed by atoms with Gasteiger partial charge in [0, 0.05) is 5.92 Å². The number of nitrogens with one attached hydrogen (secondary N) is 1. The van der Waals surface area contributed by atoms with Crippen LogP contribution in [-0.2, 0) is 4.79 Å². The van der Waals surface area contributed by atoms with Gasteiger partial charge in [0.2, 0.25) is 11.8 Å². The Bertz CT molecular complexity index is 500. The molecule has 0 saturated heterocycles. The molecule has 0 bridgehead atoms. The first-order valence-corrected chi connectivity index (χ1v) is 8.18. The summed E-state index contributed by atoms with van der Waals surface area (Å²) in [5.74, 6) is 1.43. The molecule has 1 aromatic heterocycles. The van der Waals surface area contributed by atoms with Crippen LogP contribution in [-0.4, -0.2) is 22.1 Å². The summed E-state index contributed by atoms with van der Waals surface area (Å²) >= 11 is 0. The lowest BCUT2D eigenvalue weighted by molar-refractivity contribution is -0.125. The van der Waals surface area contributed by atoms with Crippen LogP contribution in [0.15, 0.2) is 4.52 Å². The number of amides is 1. The Hall–Kier alpha value is -1.43. The van der Waals surface area contributed by atoms with Crippen LogP contribution in [0.25, 0.3) is 0 Å². The van der Waals surface area contributed by atoms with E-state index in [4.69, 9.17) is 10.3 Å². The van der Waals surface area contributed by atoms with Gasteiger partial charge in [-0.3, -0.25) is 4.79 Å². The highest BCUT2D eigenvalue weighted by Gasteiger charge is 2.30. The molecular weight excluding hydrogens is 280 g/mol. The molecule has 0 aromatic carbocycles. The van der Waals surface area contributed by atoms with Gasteiger partial charge in [-0.15, -0.1) is 0 Å². The average molecular weight is 308 g/mol. The van der Waals surface area contributed by atoms with E-state index in [1.165, 1.54) is 19.3 Å². The number of carbonyl (C=O) groups is 1. The Morgan fingerprint density at radius 1 is 1.32 bits per heavy atom. The van der Waals surface area contributed by atoms with E-state index in [9.17, 15) is 4.79 Å². The fraction of sp³-hybridized carbons (Fsp3) is 0.812. The first-order valence-electron chi connectivity index (χ1n) is 8.18. The Morgan fingerprint density at radius 3 is 2.55 bits per heavy atom. The van der Waals surface area contributed by atoms with Crippen molar-refractivity contribution in [3.05, 3.63) is 11.7 Å². The normalized spacial score (nSPS) is 19.7. The van der Waals surface area contributed by atoms with Gasteiger partial charge in [-0.25, -0.2) is 0 Å². The molecule has 0 radical (unpaired) electrons. The van der Waals surface area contributed by atoms with Crippen molar-refractivity contribution in [3.63, 3.8) is 0 Å². The Kier molecular flexibility index (Phi) is 5.21. The largest absolute Gasteiger partial charge is 0.343 e. The molecule has 0 aliphatic heterocycles. The maximum absolute atomic E-state index is 12.2. The number of nitrogens with zero attached hydrogens (tertiary/aromatic N) is 2. The maximum Gasteiger partial charge on any atom is 0.248 e. The average Bonchev–Trinajstić information content (AvgIpc) is 2.96. The number of aromatic nitrogens is 2. The molecule has 1 fully saturated rings. The van der Waals surface area contributed by atoms with Gasteiger partial charge in [-0.1, -0.05) is 45.2 Å². The molecule has 22 heavy (non-hydrogen) atoms. The Balaban J connectivity index is 1.97. The monoisotopic (exact) mass is 308 g/mol. The van der Waals surface area contributed by atoms with Gasteiger partial charge < -0.3 is 15.6 Å². The quantitative estimate of drug-likeness (QED) is 0.891. The van der Waals surface area contributed by atoms with Crippen LogP contribution >= 0.6 is 0 Å². The molecule has 1 unspecified atom stereocenters. The van der Waals surface area contributed by atoms with Crippen LogP contribution in [0.2, 0.25) is 0 Å². The third kappa shape index (κ3) is 4.06. The summed E-state index contributed by atoms with van der Waals surface area (Å²) in [5, 5.41) is 6.95. The first-order chi connectivity index (χ1) is 10.3. The van der Waals surface area contributed by atoms with Crippen molar-refractivity contribution in [2.45, 2.75) is 77.8 Å². The third-order valence-corrected chi connectivity index (χ3v) is 4.37. The Morgan fingerprint density at radius 2 is 1.95 bits per heavy atom. The summed E-state index contributed by atoms with van der Waals surface area (Å²) in [6.07, 6.45) is 5.98. The zero-order chi connectivity index (χ0) is 16.3. The van der Waals surface area contributed by atoms with Gasteiger partial charge in [-0.05, 0) is 25.2 Å². The molecule has 1 aromatic rings. The van der Waals surface area contributed by atoms with Crippen molar-refractivity contribution in [1.29, 1.82) is 0 Å². The van der Waals surface area contributed by atoms with Crippen LogP contribution in [0.1, 0.15) is 83.5 Å². The number of carbonyl (C=O) groups excluding carboxylic acids is 1. The predicted molar refractivity (Wildman–Crippen MR) is 84.1 cm³/mol. The predicted octanol–water partition coefficient (Wildman–Crippen LogP) is 2.67. The SMILES string of the molecule is CC(NC(=O)[C@@H](N)C(C)(C)C)c1nc(C2CCCCC2)no1. The van der Waals surface area contributed by atoms with E-state index in [1.54, 1.807) is 0 Å². The molecule has 1 heterocycles. The highest BCUT2D eigenvalue weighted by atomic mass is 16.5. The maximum atomic E-state index is 12.2. The van der Waals surface area contributed by atoms with E-state index in [1.807, 2.05) is 27.7 Å². The molecule has 1 amide bonds. The molecule has 1 saturated carbocycles. The minimum absolute atomic E-state index is 0.197. The summed E-state index contributed by atoms with van der Waals surface area (Å²) in [7, 11) is 0. The lowest BCUT2D eigenvalue weighted by Crippen LogP contribution is -2.49. The van der Waals surface area contributed by atoms with Gasteiger partial charge in [0.15, 0.2) is 5.82 Å². The second-order valence-corrected chi connectivity index (χ2v) is 7.40. The van der Waals surface area contributed by atoms with E-state index in [0.29, 0.717) is 11.8 Å². The molecule has 2 rings (SSSR count). The molecule has 3 N–H and O–H groups in total. The van der Waals surface area contributed by atoms with Crippen molar-refractivity contribution in [3.8, 4) is 0 Å². The minimum atomic E-state index is -0.573.